The number of nitrogens with zero attached hydrogens (tertiary/aromatic N) is 2. The topological polar surface area (TPSA) is 81.1 Å². The Morgan fingerprint density at radius 3 is 2.38 bits per heavy atom. The maximum Gasteiger partial charge on any atom is 0.339 e. The van der Waals surface area contributed by atoms with Crippen molar-refractivity contribution in [3.8, 4) is 5.75 Å². The molecule has 0 bridgehead atoms. The lowest BCUT2D eigenvalue weighted by Gasteiger charge is -2.25. The molecule has 0 saturated heterocycles. The molecule has 0 radical (unpaired) electrons. The highest BCUT2D eigenvalue weighted by atomic mass is 32.2. The molecule has 2 aromatic carbocycles. The molecule has 2 N–H and O–H groups in total. The second kappa shape index (κ2) is 12.5. The molecule has 1 amide bonds. The third-order valence-corrected chi connectivity index (χ3v) is 5.68. The molecule has 0 atom stereocenters. The molecular formula is C22H20F4N2O4S2. The highest BCUT2D eigenvalue weighted by Crippen LogP contribution is 2.31. The third kappa shape index (κ3) is 7.02. The number of anilines is 1. The van der Waals surface area contributed by atoms with Gasteiger partial charge in [0.2, 0.25) is 5.91 Å². The summed E-state index contributed by atoms with van der Waals surface area (Å²) in [6.07, 6.45) is 6.90. The number of carboxylic acid groups (broad SMARTS) is 1. The Labute approximate surface area is 201 Å². The molecule has 0 fully saturated rings. The zero-order chi connectivity index (χ0) is 25.4. The standard InChI is InChI=1S/C22H20F4N2O4S2/c1-27(34-21-16(24)11-15(23)19(25)20(21)26)12-18(30)28(8-4-3-5-9-33-2)13-6-7-14(22(31)32)17(29)10-13/h3-7,9-11,29H,8,12H2,1-2H3,(H,31,32)/b4-3?,9-5-. The normalized spacial score (nSPS) is 11.6. The van der Waals surface area contributed by atoms with Crippen molar-refractivity contribution in [2.24, 2.45) is 0 Å². The first-order valence-corrected chi connectivity index (χ1v) is 11.6. The smallest absolute Gasteiger partial charge is 0.339 e. The summed E-state index contributed by atoms with van der Waals surface area (Å²) in [5.41, 5.74) is -0.180. The summed E-state index contributed by atoms with van der Waals surface area (Å²) in [5.74, 6) is -9.02. The molecule has 0 saturated carbocycles. The van der Waals surface area contributed by atoms with Crippen molar-refractivity contribution in [3.63, 3.8) is 0 Å². The first kappa shape index (κ1) is 27.3. The monoisotopic (exact) mass is 516 g/mol. The van der Waals surface area contributed by atoms with Crippen molar-refractivity contribution in [3.05, 3.63) is 76.7 Å². The molecule has 0 aliphatic rings. The number of carbonyl (C=O) groups is 2. The molecule has 6 nitrogen and oxygen atoms in total. The van der Waals surface area contributed by atoms with Gasteiger partial charge in [-0.25, -0.2) is 26.7 Å². The molecule has 0 aliphatic heterocycles. The number of hydrogen-bond donors (Lipinski definition) is 2. The van der Waals surface area contributed by atoms with Crippen LogP contribution in [0.4, 0.5) is 23.2 Å². The van der Waals surface area contributed by atoms with Crippen LogP contribution >= 0.6 is 23.7 Å². The fraction of sp³-hybridized carbons (Fsp3) is 0.182. The number of carbonyl (C=O) groups excluding carboxylic acids is 1. The van der Waals surface area contributed by atoms with E-state index < -0.39 is 52.3 Å². The first-order chi connectivity index (χ1) is 16.1. The number of benzene rings is 2. The second-order valence-electron chi connectivity index (χ2n) is 6.68. The van der Waals surface area contributed by atoms with Crippen molar-refractivity contribution in [1.29, 1.82) is 0 Å². The molecule has 0 aromatic heterocycles. The summed E-state index contributed by atoms with van der Waals surface area (Å²) in [4.78, 5) is 24.5. The largest absolute Gasteiger partial charge is 0.507 e. The zero-order valence-electron chi connectivity index (χ0n) is 18.0. The molecule has 182 valence electrons. The number of aromatic carboxylic acids is 1. The van der Waals surface area contributed by atoms with Gasteiger partial charge in [-0.2, -0.15) is 0 Å². The van der Waals surface area contributed by atoms with Gasteiger partial charge in [-0.15, -0.1) is 11.8 Å². The quantitative estimate of drug-likeness (QED) is 0.150. The van der Waals surface area contributed by atoms with Crippen LogP contribution in [-0.4, -0.2) is 52.8 Å². The highest BCUT2D eigenvalue weighted by molar-refractivity contribution is 8.01. The van der Waals surface area contributed by atoms with Crippen molar-refractivity contribution < 1.29 is 37.4 Å². The number of rotatable bonds is 10. The Hall–Kier alpha value is -2.96. The van der Waals surface area contributed by atoms with Crippen LogP contribution in [0, 0.1) is 23.3 Å². The fourth-order valence-corrected chi connectivity index (χ4v) is 3.74. The number of hydrogen-bond acceptors (Lipinski definition) is 6. The van der Waals surface area contributed by atoms with Crippen LogP contribution in [0.3, 0.4) is 0 Å². The van der Waals surface area contributed by atoms with E-state index >= 15 is 0 Å². The number of likely N-dealkylation sites (N-methyl/N-ethyl adjacent to an activating group) is 1. The van der Waals surface area contributed by atoms with Gasteiger partial charge in [0.15, 0.2) is 17.5 Å². The van der Waals surface area contributed by atoms with Crippen LogP contribution in [0.1, 0.15) is 10.4 Å². The van der Waals surface area contributed by atoms with Crippen LogP contribution < -0.4 is 4.90 Å². The van der Waals surface area contributed by atoms with Crippen LogP contribution in [-0.2, 0) is 4.79 Å². The van der Waals surface area contributed by atoms with Gasteiger partial charge in [0.05, 0.1) is 11.4 Å². The van der Waals surface area contributed by atoms with Gasteiger partial charge in [0.1, 0.15) is 17.1 Å². The predicted octanol–water partition coefficient (Wildman–Crippen LogP) is 5.05. The van der Waals surface area contributed by atoms with Crippen LogP contribution in [0.5, 0.6) is 5.75 Å². The summed E-state index contributed by atoms with van der Waals surface area (Å²) in [7, 11) is 1.32. The van der Waals surface area contributed by atoms with Gasteiger partial charge in [0, 0.05) is 24.4 Å². The zero-order valence-corrected chi connectivity index (χ0v) is 19.6. The van der Waals surface area contributed by atoms with Gasteiger partial charge in [0.25, 0.3) is 0 Å². The lowest BCUT2D eigenvalue weighted by atomic mass is 10.1. The molecule has 0 aliphatic carbocycles. The molecule has 2 aromatic rings. The lowest BCUT2D eigenvalue weighted by molar-refractivity contribution is -0.118. The Bertz CT molecular complexity index is 1130. The molecule has 2 rings (SSSR count). The average Bonchev–Trinajstić information content (AvgIpc) is 2.77. The van der Waals surface area contributed by atoms with E-state index in [2.05, 4.69) is 0 Å². The van der Waals surface area contributed by atoms with E-state index in [0.29, 0.717) is 11.9 Å². The van der Waals surface area contributed by atoms with Crippen molar-refractivity contribution in [2.45, 2.75) is 4.90 Å². The number of thioether (sulfide) groups is 1. The lowest BCUT2D eigenvalue weighted by Crippen LogP contribution is -2.37. The summed E-state index contributed by atoms with van der Waals surface area (Å²) in [6.45, 7) is -0.395. The maximum absolute atomic E-state index is 14.0. The Balaban J connectivity index is 2.27. The molecular weight excluding hydrogens is 496 g/mol. The summed E-state index contributed by atoms with van der Waals surface area (Å²) in [6, 6.07) is 3.78. The van der Waals surface area contributed by atoms with E-state index in [1.54, 1.807) is 23.6 Å². The highest BCUT2D eigenvalue weighted by Gasteiger charge is 2.24. The number of carboxylic acids is 1. The maximum atomic E-state index is 14.0. The van der Waals surface area contributed by atoms with Crippen molar-refractivity contribution in [1.82, 2.24) is 4.31 Å². The van der Waals surface area contributed by atoms with E-state index in [0.717, 1.165) is 16.4 Å². The number of amides is 1. The van der Waals surface area contributed by atoms with Gasteiger partial charge in [-0.3, -0.25) is 4.79 Å². The first-order valence-electron chi connectivity index (χ1n) is 9.50. The van der Waals surface area contributed by atoms with Gasteiger partial charge in [-0.05, 0) is 42.8 Å². The minimum absolute atomic E-state index is 0.0236. The Morgan fingerprint density at radius 2 is 1.76 bits per heavy atom. The van der Waals surface area contributed by atoms with Gasteiger partial charge < -0.3 is 15.1 Å². The van der Waals surface area contributed by atoms with Gasteiger partial charge in [-0.1, -0.05) is 18.2 Å². The van der Waals surface area contributed by atoms with E-state index in [1.165, 1.54) is 29.8 Å². The molecule has 34 heavy (non-hydrogen) atoms. The number of halogens is 4. The Morgan fingerprint density at radius 1 is 1.06 bits per heavy atom. The van der Waals surface area contributed by atoms with Crippen LogP contribution in [0.25, 0.3) is 0 Å². The molecule has 0 heterocycles. The summed E-state index contributed by atoms with van der Waals surface area (Å²) < 4.78 is 55.7. The minimum atomic E-state index is -1.83. The minimum Gasteiger partial charge on any atom is -0.507 e. The summed E-state index contributed by atoms with van der Waals surface area (Å²) >= 11 is 1.84. The molecule has 0 spiro atoms. The van der Waals surface area contributed by atoms with Gasteiger partial charge >= 0.3 is 5.97 Å². The third-order valence-electron chi connectivity index (χ3n) is 4.25. The number of allylic oxidation sites excluding steroid dienone is 2. The molecule has 12 heteroatoms. The molecule has 0 unspecified atom stereocenters. The van der Waals surface area contributed by atoms with E-state index in [1.807, 2.05) is 6.26 Å². The van der Waals surface area contributed by atoms with Crippen molar-refractivity contribution in [2.75, 3.05) is 31.3 Å². The Kier molecular flexibility index (Phi) is 10.0. The summed E-state index contributed by atoms with van der Waals surface area (Å²) in [5, 5.41) is 20.9. The number of phenols is 1. The SMILES string of the molecule is CS/C=C\C=CCN(C(=O)CN(C)Sc1c(F)cc(F)c(F)c1F)c1ccc(C(=O)O)c(O)c1. The second-order valence-corrected chi connectivity index (χ2v) is 8.64. The fourth-order valence-electron chi connectivity index (χ4n) is 2.69. The average molecular weight is 517 g/mol. The van der Waals surface area contributed by atoms with Crippen LogP contribution in [0.15, 0.2) is 52.8 Å². The van der Waals surface area contributed by atoms with E-state index in [9.17, 15) is 32.3 Å². The van der Waals surface area contributed by atoms with Crippen molar-refractivity contribution >= 4 is 41.3 Å². The van der Waals surface area contributed by atoms with E-state index in [-0.39, 0.29) is 23.9 Å². The number of aromatic hydroxyl groups is 1. The predicted molar refractivity (Wildman–Crippen MR) is 124 cm³/mol. The van der Waals surface area contributed by atoms with E-state index in [4.69, 9.17) is 5.11 Å². The van der Waals surface area contributed by atoms with Crippen LogP contribution in [0.2, 0.25) is 0 Å².